The molecule has 0 N–H and O–H groups in total. The zero-order valence-electron chi connectivity index (χ0n) is 15.0. The van der Waals surface area contributed by atoms with Gasteiger partial charge in [-0.2, -0.15) is 4.36 Å². The summed E-state index contributed by atoms with van der Waals surface area (Å²) in [5, 5.41) is 0. The smallest absolute Gasteiger partial charge is 0.168 e. The second-order valence-corrected chi connectivity index (χ2v) is 8.93. The average Bonchev–Trinajstić information content (AvgIpc) is 2.60. The van der Waals surface area contributed by atoms with Crippen molar-refractivity contribution in [3.63, 3.8) is 0 Å². The van der Waals surface area contributed by atoms with Gasteiger partial charge in [-0.15, -0.1) is 0 Å². The lowest BCUT2D eigenvalue weighted by Gasteiger charge is -2.34. The largest absolute Gasteiger partial charge is 0.377 e. The highest BCUT2D eigenvalue weighted by Crippen LogP contribution is 2.26. The first-order valence-corrected chi connectivity index (χ1v) is 10.5. The molecule has 0 radical (unpaired) electrons. The van der Waals surface area contributed by atoms with Crippen molar-refractivity contribution in [2.24, 2.45) is 4.36 Å². The first kappa shape index (κ1) is 18.4. The van der Waals surface area contributed by atoms with E-state index in [9.17, 15) is 9.00 Å². The number of rotatable bonds is 4. The molecule has 26 heavy (non-hydrogen) atoms. The van der Waals surface area contributed by atoms with Crippen LogP contribution in [0.5, 0.6) is 0 Å². The molecule has 1 fully saturated rings. The Kier molecular flexibility index (Phi) is 5.28. The van der Waals surface area contributed by atoms with Gasteiger partial charge in [-0.25, -0.2) is 14.2 Å². The van der Waals surface area contributed by atoms with Crippen LogP contribution in [0, 0.1) is 0 Å². The number of carbonyl (C=O) groups excluding carboxylic acids is 1. The molecule has 8 nitrogen and oxygen atoms in total. The predicted octanol–water partition coefficient (Wildman–Crippen LogP) is 1.94. The zero-order valence-corrected chi connectivity index (χ0v) is 15.8. The van der Waals surface area contributed by atoms with Crippen LogP contribution < -0.4 is 4.90 Å². The third kappa shape index (κ3) is 4.41. The lowest BCUT2D eigenvalue weighted by Crippen LogP contribution is -2.44. The SMILES string of the molecule is C[C@@H]1COCCN1c1cc(N=S(C)(C)=O)nc(-c2ccnc(C=O)c2)n1. The number of carbonyl (C=O) groups is 1. The van der Waals surface area contributed by atoms with E-state index in [1.807, 2.05) is 0 Å². The predicted molar refractivity (Wildman–Crippen MR) is 100 cm³/mol. The Morgan fingerprint density at radius 3 is 2.85 bits per heavy atom. The molecule has 1 atom stereocenters. The molecule has 1 aliphatic rings. The Hall–Kier alpha value is -2.39. The molecule has 3 heterocycles. The van der Waals surface area contributed by atoms with E-state index < -0.39 is 9.73 Å². The van der Waals surface area contributed by atoms with Crippen LogP contribution >= 0.6 is 0 Å². The summed E-state index contributed by atoms with van der Waals surface area (Å²) in [7, 11) is -2.38. The van der Waals surface area contributed by atoms with Gasteiger partial charge in [0.1, 0.15) is 11.5 Å². The zero-order chi connectivity index (χ0) is 18.7. The van der Waals surface area contributed by atoms with Crippen molar-refractivity contribution >= 4 is 27.7 Å². The molecule has 138 valence electrons. The molecule has 0 saturated carbocycles. The van der Waals surface area contributed by atoms with Crippen LogP contribution in [0.1, 0.15) is 17.4 Å². The van der Waals surface area contributed by atoms with E-state index in [0.29, 0.717) is 54.8 Å². The third-order valence-corrected chi connectivity index (χ3v) is 4.46. The van der Waals surface area contributed by atoms with Gasteiger partial charge in [0.2, 0.25) is 0 Å². The Morgan fingerprint density at radius 2 is 2.15 bits per heavy atom. The van der Waals surface area contributed by atoms with Gasteiger partial charge in [-0.3, -0.25) is 9.78 Å². The molecule has 0 aromatic carbocycles. The normalized spacial score (nSPS) is 17.8. The van der Waals surface area contributed by atoms with Gasteiger partial charge < -0.3 is 9.64 Å². The highest BCUT2D eigenvalue weighted by Gasteiger charge is 2.22. The molecule has 3 rings (SSSR count). The van der Waals surface area contributed by atoms with E-state index in [1.54, 1.807) is 30.7 Å². The Labute approximate surface area is 152 Å². The van der Waals surface area contributed by atoms with Crippen molar-refractivity contribution in [1.82, 2.24) is 15.0 Å². The first-order valence-electron chi connectivity index (χ1n) is 8.18. The second kappa shape index (κ2) is 7.46. The average molecular weight is 375 g/mol. The summed E-state index contributed by atoms with van der Waals surface area (Å²) in [6, 6.07) is 5.23. The Bertz CT molecular complexity index is 932. The third-order valence-electron chi connectivity index (χ3n) is 3.83. The monoisotopic (exact) mass is 375 g/mol. The number of aldehydes is 1. The summed E-state index contributed by atoms with van der Waals surface area (Å²) in [6.45, 7) is 3.96. The maximum atomic E-state index is 12.1. The summed E-state index contributed by atoms with van der Waals surface area (Å²) in [5.41, 5.74) is 0.949. The summed E-state index contributed by atoms with van der Waals surface area (Å²) < 4.78 is 21.9. The van der Waals surface area contributed by atoms with Crippen molar-refractivity contribution in [1.29, 1.82) is 0 Å². The molecule has 0 aliphatic carbocycles. The van der Waals surface area contributed by atoms with E-state index in [-0.39, 0.29) is 6.04 Å². The van der Waals surface area contributed by atoms with Crippen LogP contribution in [-0.4, -0.2) is 63.8 Å². The van der Waals surface area contributed by atoms with Crippen LogP contribution in [0.15, 0.2) is 28.8 Å². The van der Waals surface area contributed by atoms with Crippen LogP contribution in [0.2, 0.25) is 0 Å². The molecule has 0 amide bonds. The molecule has 1 saturated heterocycles. The summed E-state index contributed by atoms with van der Waals surface area (Å²) in [5.74, 6) is 1.45. The van der Waals surface area contributed by atoms with Crippen molar-refractivity contribution in [3.8, 4) is 11.4 Å². The first-order chi connectivity index (χ1) is 12.4. The molecule has 0 unspecified atom stereocenters. The van der Waals surface area contributed by atoms with Crippen molar-refractivity contribution in [3.05, 3.63) is 30.1 Å². The number of nitrogens with zero attached hydrogens (tertiary/aromatic N) is 5. The lowest BCUT2D eigenvalue weighted by atomic mass is 10.2. The minimum atomic E-state index is -2.38. The number of ether oxygens (including phenoxy) is 1. The molecular weight excluding hydrogens is 354 g/mol. The van der Waals surface area contributed by atoms with Gasteiger partial charge in [0, 0.05) is 46.6 Å². The topological polar surface area (TPSA) is 97.6 Å². The van der Waals surface area contributed by atoms with E-state index in [2.05, 4.69) is 31.1 Å². The maximum absolute atomic E-state index is 12.1. The molecule has 0 bridgehead atoms. The van der Waals surface area contributed by atoms with Crippen LogP contribution in [0.4, 0.5) is 11.6 Å². The fourth-order valence-electron chi connectivity index (χ4n) is 2.69. The van der Waals surface area contributed by atoms with Gasteiger partial charge in [-0.1, -0.05) is 0 Å². The number of anilines is 1. The number of hydrogen-bond acceptors (Lipinski definition) is 8. The van der Waals surface area contributed by atoms with Crippen molar-refractivity contribution in [2.75, 3.05) is 37.2 Å². The minimum Gasteiger partial charge on any atom is -0.377 e. The van der Waals surface area contributed by atoms with Crippen LogP contribution in [0.3, 0.4) is 0 Å². The molecular formula is C17H21N5O3S. The van der Waals surface area contributed by atoms with E-state index >= 15 is 0 Å². The number of pyridine rings is 1. The van der Waals surface area contributed by atoms with Crippen molar-refractivity contribution in [2.45, 2.75) is 13.0 Å². The van der Waals surface area contributed by atoms with E-state index in [4.69, 9.17) is 4.74 Å². The summed E-state index contributed by atoms with van der Waals surface area (Å²) in [6.07, 6.45) is 5.32. The highest BCUT2D eigenvalue weighted by molar-refractivity contribution is 7.92. The Morgan fingerprint density at radius 1 is 1.35 bits per heavy atom. The van der Waals surface area contributed by atoms with Crippen LogP contribution in [-0.2, 0) is 14.5 Å². The molecule has 0 spiro atoms. The van der Waals surface area contributed by atoms with E-state index in [1.165, 1.54) is 6.20 Å². The quantitative estimate of drug-likeness (QED) is 0.753. The molecule has 1 aliphatic heterocycles. The molecule has 9 heteroatoms. The number of morpholine rings is 1. The van der Waals surface area contributed by atoms with Crippen molar-refractivity contribution < 1.29 is 13.7 Å². The number of hydrogen-bond donors (Lipinski definition) is 0. The van der Waals surface area contributed by atoms with E-state index in [0.717, 1.165) is 0 Å². The number of aromatic nitrogens is 3. The molecule has 2 aromatic heterocycles. The molecule has 2 aromatic rings. The van der Waals surface area contributed by atoms with Gasteiger partial charge in [-0.05, 0) is 19.1 Å². The fourth-order valence-corrected chi connectivity index (χ4v) is 3.23. The standard InChI is InChI=1S/C17H21N5O3S/c1-12-11-25-7-6-22(12)16-9-15(21-26(2,3)24)19-17(20-16)13-4-5-18-14(8-13)10-23/h4-5,8-10,12H,6-7,11H2,1-3H3/t12-/m1/s1. The second-order valence-electron chi connectivity index (χ2n) is 6.39. The summed E-state index contributed by atoms with van der Waals surface area (Å²) >= 11 is 0. The Balaban J connectivity index is 2.14. The minimum absolute atomic E-state index is 0.148. The van der Waals surface area contributed by atoms with Crippen LogP contribution in [0.25, 0.3) is 11.4 Å². The van der Waals surface area contributed by atoms with Gasteiger partial charge in [0.25, 0.3) is 0 Å². The lowest BCUT2D eigenvalue weighted by molar-refractivity contribution is 0.0985. The highest BCUT2D eigenvalue weighted by atomic mass is 32.2. The summed E-state index contributed by atoms with van der Waals surface area (Å²) in [4.78, 5) is 26.2. The maximum Gasteiger partial charge on any atom is 0.168 e. The fraction of sp³-hybridized carbons (Fsp3) is 0.412. The van der Waals surface area contributed by atoms with Gasteiger partial charge in [0.05, 0.1) is 19.3 Å². The van der Waals surface area contributed by atoms with Gasteiger partial charge >= 0.3 is 0 Å². The van der Waals surface area contributed by atoms with Gasteiger partial charge in [0.15, 0.2) is 17.9 Å².